The van der Waals surface area contributed by atoms with Gasteiger partial charge in [0.1, 0.15) is 54.4 Å². The Labute approximate surface area is 509 Å². The Kier molecular flexibility index (Phi) is 33.5. The number of aliphatic hydroxyl groups is 1. The van der Waals surface area contributed by atoms with E-state index in [0.717, 1.165) is 9.80 Å². The molecule has 85 heavy (non-hydrogen) atoms. The number of aliphatic hydroxyl groups excluding tert-OH is 1. The topological polar surface area (TPSA) is 293 Å². The van der Waals surface area contributed by atoms with Crippen LogP contribution in [0.5, 0.6) is 0 Å². The first kappa shape index (κ1) is 78.9. The first-order valence-electron chi connectivity index (χ1n) is 30.4. The van der Waals surface area contributed by atoms with Crippen LogP contribution >= 0.6 is 0 Å². The van der Waals surface area contributed by atoms with Crippen LogP contribution in [0.4, 0.5) is 0 Å². The second-order valence-electron chi connectivity index (χ2n) is 25.8. The van der Waals surface area contributed by atoms with Gasteiger partial charge < -0.3 is 61.1 Å². The van der Waals surface area contributed by atoms with Crippen molar-refractivity contribution in [1.29, 1.82) is 0 Å². The number of nitrogens with zero attached hydrogens (tertiary/aromatic N) is 7. The fourth-order valence-electron chi connectivity index (χ4n) is 10.4. The van der Waals surface area contributed by atoms with E-state index in [1.807, 2.05) is 62.3 Å². The first-order valence-corrected chi connectivity index (χ1v) is 30.4. The van der Waals surface area contributed by atoms with Gasteiger partial charge in [0.05, 0.1) is 12.6 Å². The molecular formula is C62H113N11O12. The second-order valence-corrected chi connectivity index (χ2v) is 25.8. The summed E-state index contributed by atoms with van der Waals surface area (Å²) >= 11 is 0. The highest BCUT2D eigenvalue weighted by atomic mass is 16.3. The zero-order valence-electron chi connectivity index (χ0n) is 56.4. The maximum Gasteiger partial charge on any atom is 0.246 e. The molecule has 1 unspecified atom stereocenters. The normalized spacial score (nSPS) is 16.0. The monoisotopic (exact) mass is 1200 g/mol. The van der Waals surface area contributed by atoms with Gasteiger partial charge in [-0.3, -0.25) is 52.7 Å². The first-order chi connectivity index (χ1) is 39.1. The molecule has 0 radical (unpaired) electrons. The van der Waals surface area contributed by atoms with E-state index in [-0.39, 0.29) is 60.7 Å². The third kappa shape index (κ3) is 22.9. The van der Waals surface area contributed by atoms with Gasteiger partial charge in [0.15, 0.2) is 0 Å². The van der Waals surface area contributed by atoms with Crippen molar-refractivity contribution in [3.8, 4) is 0 Å². The zero-order valence-corrected chi connectivity index (χ0v) is 56.4. The molecule has 0 saturated heterocycles. The lowest BCUT2D eigenvalue weighted by Crippen LogP contribution is -2.63. The second kappa shape index (κ2) is 36.1. The Morgan fingerprint density at radius 3 is 1.31 bits per heavy atom. The Hall–Kier alpha value is -6.13. The van der Waals surface area contributed by atoms with Crippen LogP contribution in [0.15, 0.2) is 12.2 Å². The van der Waals surface area contributed by atoms with E-state index >= 15 is 9.59 Å². The standard InChI is InChI=1S/C62H113N11O12/c1-26-28-29-40(15)52(75)51(56(79)66-44(27-2)59(82)67(19)33-48(74)71(23)49(38(11)12)53(63)76)73(25)62(85)50(39(13)14)72(24)61(84)47(32-36(7)8)70(22)60(83)46(31-35(5)6)69(21)58(81)43(18)65-54(77)42(17)64-55(78)45(30-34(3)4)68(20)57(80)41(16)37(9)10/h26,28,34-47,49-52,75H,27,29-33H2,1-25H3,(H2,63,76)(H,64,78)(H,65,77)(H,66,79)/b28-26+/t40-,41-,42-,43+,44-,45+,46-,47-,49-,50-,51?,52+/m1/s1. The van der Waals surface area contributed by atoms with Crippen LogP contribution in [0.3, 0.4) is 0 Å². The van der Waals surface area contributed by atoms with Gasteiger partial charge in [0.2, 0.25) is 65.0 Å². The van der Waals surface area contributed by atoms with E-state index in [0.29, 0.717) is 12.8 Å². The van der Waals surface area contributed by atoms with Crippen molar-refractivity contribution >= 4 is 65.0 Å². The molecule has 0 saturated carbocycles. The minimum absolute atomic E-state index is 0.0382. The van der Waals surface area contributed by atoms with E-state index in [9.17, 15) is 48.3 Å². The number of carbonyl (C=O) groups excluding carboxylic acids is 11. The molecule has 0 aliphatic carbocycles. The highest BCUT2D eigenvalue weighted by molar-refractivity contribution is 5.98. The summed E-state index contributed by atoms with van der Waals surface area (Å²) in [7, 11) is 10.0. The van der Waals surface area contributed by atoms with E-state index in [2.05, 4.69) is 16.0 Å². The van der Waals surface area contributed by atoms with Crippen molar-refractivity contribution in [1.82, 2.24) is 50.2 Å². The van der Waals surface area contributed by atoms with Crippen LogP contribution in [0, 0.1) is 47.3 Å². The Morgan fingerprint density at radius 1 is 0.459 bits per heavy atom. The molecule has 23 heteroatoms. The van der Waals surface area contributed by atoms with E-state index in [4.69, 9.17) is 5.73 Å². The summed E-state index contributed by atoms with van der Waals surface area (Å²) in [6, 6.07) is -10.5. The Balaban J connectivity index is 7.06. The summed E-state index contributed by atoms with van der Waals surface area (Å²) in [6.45, 7) is 31.5. The quantitative estimate of drug-likeness (QED) is 0.0570. The molecule has 0 aromatic carbocycles. The lowest BCUT2D eigenvalue weighted by atomic mass is 9.91. The molecule has 0 fully saturated rings. The molecule has 488 valence electrons. The zero-order chi connectivity index (χ0) is 66.6. The third-order valence-corrected chi connectivity index (χ3v) is 16.1. The summed E-state index contributed by atoms with van der Waals surface area (Å²) in [5.41, 5.74) is 5.58. The minimum atomic E-state index is -1.60. The number of amides is 11. The molecule has 0 heterocycles. The average molecular weight is 1200 g/mol. The Morgan fingerprint density at radius 2 is 0.882 bits per heavy atom. The SMILES string of the molecule is C/C=C/C[C@@H](C)[C@H](O)C(C(=O)N[C@H](CC)C(=O)N(C)CC(=O)N(C)[C@@H](C(N)=O)C(C)C)N(C)C(=O)[C@@H](C(C)C)N(C)C(=O)[C@@H](CC(C)C)N(C)C(=O)[C@@H](CC(C)C)N(C)C(=O)[C@H](C)NC(=O)[C@@H](C)NC(=O)[C@H](CC(C)C)N(C)C(=O)[C@H](C)C(C)C. The number of carbonyl (C=O) groups is 11. The number of hydrogen-bond donors (Lipinski definition) is 5. The number of likely N-dealkylation sites (N-methyl/N-ethyl adjacent to an activating group) is 7. The Bertz CT molecular complexity index is 2290. The number of primary amides is 1. The largest absolute Gasteiger partial charge is 0.390 e. The van der Waals surface area contributed by atoms with Gasteiger partial charge in [-0.1, -0.05) is 116 Å². The molecule has 0 rings (SSSR count). The molecule has 0 spiro atoms. The van der Waals surface area contributed by atoms with E-state index in [1.54, 1.807) is 67.7 Å². The predicted molar refractivity (Wildman–Crippen MR) is 330 cm³/mol. The predicted octanol–water partition coefficient (Wildman–Crippen LogP) is 3.50. The van der Waals surface area contributed by atoms with Crippen LogP contribution < -0.4 is 21.7 Å². The number of rotatable bonds is 35. The van der Waals surface area contributed by atoms with E-state index < -0.39 is 138 Å². The fraction of sp³-hybridized carbons (Fsp3) is 0.790. The van der Waals surface area contributed by atoms with Crippen LogP contribution in [-0.4, -0.2) is 221 Å². The minimum Gasteiger partial charge on any atom is -0.390 e. The fourth-order valence-corrected chi connectivity index (χ4v) is 10.4. The molecule has 0 aliphatic rings. The highest BCUT2D eigenvalue weighted by Crippen LogP contribution is 2.25. The lowest BCUT2D eigenvalue weighted by Gasteiger charge is -2.41. The van der Waals surface area contributed by atoms with Crippen LogP contribution in [0.25, 0.3) is 0 Å². The number of nitrogens with one attached hydrogen (secondary N) is 3. The van der Waals surface area contributed by atoms with Crippen LogP contribution in [0.1, 0.15) is 157 Å². The number of allylic oxidation sites excluding steroid dienone is 2. The van der Waals surface area contributed by atoms with Crippen molar-refractivity contribution < 1.29 is 57.8 Å². The summed E-state index contributed by atoms with van der Waals surface area (Å²) in [5, 5.41) is 20.1. The van der Waals surface area contributed by atoms with Crippen LogP contribution in [0.2, 0.25) is 0 Å². The summed E-state index contributed by atoms with van der Waals surface area (Å²) in [5.74, 6) is -8.79. The smallest absolute Gasteiger partial charge is 0.246 e. The van der Waals surface area contributed by atoms with Crippen molar-refractivity contribution in [2.75, 3.05) is 55.9 Å². The van der Waals surface area contributed by atoms with Crippen molar-refractivity contribution in [2.45, 2.75) is 217 Å². The molecule has 23 nitrogen and oxygen atoms in total. The lowest BCUT2D eigenvalue weighted by molar-refractivity contribution is -0.157. The summed E-state index contributed by atoms with van der Waals surface area (Å²) in [6.07, 6.45) is 3.11. The maximum absolute atomic E-state index is 15.1. The highest BCUT2D eigenvalue weighted by Gasteiger charge is 2.45. The maximum atomic E-state index is 15.1. The van der Waals surface area contributed by atoms with Gasteiger partial charge in [-0.2, -0.15) is 0 Å². The number of hydrogen-bond acceptors (Lipinski definition) is 12. The van der Waals surface area contributed by atoms with Gasteiger partial charge >= 0.3 is 0 Å². The summed E-state index contributed by atoms with van der Waals surface area (Å²) in [4.78, 5) is 163. The average Bonchev–Trinajstić information content (AvgIpc) is 2.55. The van der Waals surface area contributed by atoms with Gasteiger partial charge in [0.25, 0.3) is 0 Å². The molecular weight excluding hydrogens is 1090 g/mol. The van der Waals surface area contributed by atoms with Gasteiger partial charge in [-0.25, -0.2) is 0 Å². The van der Waals surface area contributed by atoms with E-state index in [1.165, 1.54) is 80.6 Å². The molecule has 11 amide bonds. The van der Waals surface area contributed by atoms with Gasteiger partial charge in [-0.15, -0.1) is 0 Å². The third-order valence-electron chi connectivity index (χ3n) is 16.1. The molecule has 0 bridgehead atoms. The molecule has 12 atom stereocenters. The number of nitrogens with two attached hydrogens (primary N) is 1. The summed E-state index contributed by atoms with van der Waals surface area (Å²) < 4.78 is 0. The van der Waals surface area contributed by atoms with Crippen molar-refractivity contribution in [3.63, 3.8) is 0 Å². The van der Waals surface area contributed by atoms with Gasteiger partial charge in [-0.05, 0) is 94.3 Å². The molecule has 0 aromatic heterocycles. The van der Waals surface area contributed by atoms with Gasteiger partial charge in [0, 0.05) is 55.3 Å². The molecule has 6 N–H and O–H groups in total. The van der Waals surface area contributed by atoms with Crippen molar-refractivity contribution in [2.24, 2.45) is 53.1 Å². The molecule has 0 aliphatic heterocycles. The van der Waals surface area contributed by atoms with Crippen LogP contribution in [-0.2, 0) is 52.7 Å². The van der Waals surface area contributed by atoms with Crippen molar-refractivity contribution in [3.05, 3.63) is 12.2 Å². The molecule has 0 aromatic rings.